The van der Waals surface area contributed by atoms with Crippen molar-refractivity contribution in [2.24, 2.45) is 0 Å². The van der Waals surface area contributed by atoms with Gasteiger partial charge in [-0.15, -0.1) is 0 Å². The molecule has 0 atom stereocenters. The van der Waals surface area contributed by atoms with E-state index < -0.39 is 23.1 Å². The molecule has 4 N–H and O–H groups in total. The number of carbonyl (C=O) groups is 4. The van der Waals surface area contributed by atoms with Crippen molar-refractivity contribution in [3.63, 3.8) is 0 Å². The number of nitrogens with two attached hydrogens (primary N) is 2. The quantitative estimate of drug-likeness (QED) is 0.0617. The van der Waals surface area contributed by atoms with Crippen molar-refractivity contribution in [1.29, 1.82) is 15.8 Å². The monoisotopic (exact) mass is 1760 g/mol. The SMILES string of the molecule is Brc1cc2nc3c(nc2cc1Br)-c1ccc2c4c(ccc-3c14)-c1nc3cc(Br)c(Br)cc3nc1-2.Nc1cc(Br)c(Br)cc1N.O=C1C(=O)c2ccc3c4c(ccc1c24)C(=O)C3=O.[C-]#N.[C-]#[N+]c1cc2nc3c(nc2cc1[N+]#[C-])-c1ccc2c4c(ccc-3c14)-c1nc3cc(C#N)c(C#N)cc3nc1-2.[Cu+]. The minimum Gasteiger partial charge on any atom is -0.512 e. The van der Waals surface area contributed by atoms with E-state index >= 15 is 0 Å². The molecular weight excluding hydrogens is 1740 g/mol. The minimum atomic E-state index is -0.569. The van der Waals surface area contributed by atoms with Crippen molar-refractivity contribution in [1.82, 2.24) is 39.9 Å². The second-order valence-corrected chi connectivity index (χ2v) is 28.9. The van der Waals surface area contributed by atoms with E-state index in [4.69, 9.17) is 76.3 Å². The Bertz CT molecular complexity index is 6150. The molecular formula is C77H26Br6CuN15O4. The number of rotatable bonds is 0. The third-order valence-corrected chi connectivity index (χ3v) is 24.0. The predicted molar refractivity (Wildman–Crippen MR) is 408 cm³/mol. The van der Waals surface area contributed by atoms with Crippen LogP contribution in [0, 0.1) is 47.6 Å². The van der Waals surface area contributed by atoms with Crippen LogP contribution in [0.25, 0.3) is 176 Å². The molecule has 486 valence electrons. The standard InChI is InChI=1S/C30H8N8.C26H8Br4N4.C14H4O4.C6H6Br2N2.CN.Cu/c1-33-19-9-23-24(10-20(19)34-2)38-30-18-6-4-16-25-15(3-5-17(26(18)25)29(30)37-23)27-28(16)36-22-8-14(12-32)13(11-31)7-21(22)35-27;27-13-5-17-18(6-14(13)28)33-25-11-3-4-12-22-10(2-1-9(21(11)22)23(25)31-17)24-26(12)34-20-8-16(30)15(29)7-19(20)32-24;15-11-5-1-2-6-10-8(14(18)12(6)16)4-3-7(9(5)10)13(11)17;7-3-1-5(9)6(10)2-4(3)8;1-2;/h3-10H;1-8H;1-4H;1-2H,9-10H2;;/q;;;;-1;+1. The largest absolute Gasteiger partial charge is 1.00 e. The molecule has 0 bridgehead atoms. The summed E-state index contributed by atoms with van der Waals surface area (Å²) in [4.78, 5) is 93.7. The molecule has 4 heterocycles. The molecule has 6 aliphatic rings. The Morgan fingerprint density at radius 3 is 0.680 bits per heavy atom. The molecule has 11 aromatic carbocycles. The molecule has 15 aromatic rings. The summed E-state index contributed by atoms with van der Waals surface area (Å²) in [5.41, 5.74) is 35.0. The van der Waals surface area contributed by atoms with Gasteiger partial charge in [0.05, 0.1) is 125 Å². The number of nitrogen functional groups attached to an aromatic ring is 2. The number of carbonyl (C=O) groups excluding carboxylic acids is 4. The van der Waals surface area contributed by atoms with Crippen molar-refractivity contribution in [2.45, 2.75) is 0 Å². The van der Waals surface area contributed by atoms with Gasteiger partial charge in [0.25, 0.3) is 0 Å². The van der Waals surface area contributed by atoms with Crippen LogP contribution in [0.1, 0.15) is 52.6 Å². The second-order valence-electron chi connectivity index (χ2n) is 23.8. The Balaban J connectivity index is 0.000000115. The molecule has 0 radical (unpaired) electrons. The zero-order chi connectivity index (χ0) is 70.9. The Morgan fingerprint density at radius 2 is 0.476 bits per heavy atom. The fourth-order valence-electron chi connectivity index (χ4n) is 14.0. The minimum absolute atomic E-state index is 0. The third-order valence-electron chi connectivity index (χ3n) is 18.5. The van der Waals surface area contributed by atoms with Gasteiger partial charge in [-0.25, -0.2) is 39.9 Å². The Labute approximate surface area is 640 Å². The normalized spacial score (nSPS) is 12.3. The maximum absolute atomic E-state index is 11.8. The number of anilines is 2. The maximum atomic E-state index is 11.8. The number of halogens is 6. The molecule has 19 nitrogen and oxygen atoms in total. The first-order chi connectivity index (χ1) is 49.3. The van der Waals surface area contributed by atoms with E-state index in [1.807, 2.05) is 48.5 Å². The van der Waals surface area contributed by atoms with Gasteiger partial charge in [0, 0.05) is 126 Å². The Morgan fingerprint density at radius 1 is 0.301 bits per heavy atom. The molecule has 0 aliphatic heterocycles. The molecule has 0 unspecified atom stereocenters. The van der Waals surface area contributed by atoms with E-state index in [0.717, 1.165) is 150 Å². The van der Waals surface area contributed by atoms with E-state index in [0.29, 0.717) is 44.2 Å². The Kier molecular flexibility index (Phi) is 15.7. The fraction of sp³-hybridized carbons (Fsp3) is 0. The summed E-state index contributed by atoms with van der Waals surface area (Å²) in [6, 6.07) is 44.7. The summed E-state index contributed by atoms with van der Waals surface area (Å²) in [5, 5.41) is 30.5. The van der Waals surface area contributed by atoms with Gasteiger partial charge in [-0.1, -0.05) is 48.5 Å². The van der Waals surface area contributed by atoms with Gasteiger partial charge in [-0.3, -0.25) is 28.9 Å². The van der Waals surface area contributed by atoms with Crippen LogP contribution in [0.4, 0.5) is 22.7 Å². The van der Waals surface area contributed by atoms with Crippen LogP contribution in [0.15, 0.2) is 160 Å². The van der Waals surface area contributed by atoms with Crippen LogP contribution in [-0.4, -0.2) is 63.0 Å². The van der Waals surface area contributed by atoms with Gasteiger partial charge in [-0.2, -0.15) is 10.5 Å². The van der Waals surface area contributed by atoms with Gasteiger partial charge < -0.3 is 23.3 Å². The fourth-order valence-corrected chi connectivity index (χ4v) is 16.1. The van der Waals surface area contributed by atoms with E-state index in [-0.39, 0.29) is 61.8 Å². The predicted octanol–water partition coefficient (Wildman–Crippen LogP) is 20.0. The molecule has 0 amide bonds. The summed E-state index contributed by atoms with van der Waals surface area (Å²) < 4.78 is 5.68. The molecule has 4 aromatic heterocycles. The molecule has 0 spiro atoms. The van der Waals surface area contributed by atoms with Crippen LogP contribution in [0.5, 0.6) is 0 Å². The average molecular weight is 1770 g/mol. The van der Waals surface area contributed by atoms with E-state index in [1.54, 1.807) is 36.4 Å². The van der Waals surface area contributed by atoms with Crippen LogP contribution in [0.2, 0.25) is 0 Å². The van der Waals surface area contributed by atoms with Crippen molar-refractivity contribution in [3.05, 3.63) is 223 Å². The number of Topliss-reactive ketones (excluding diaryl/α,β-unsaturated/α-hetero) is 4. The molecule has 6 aliphatic carbocycles. The molecule has 103 heavy (non-hydrogen) atoms. The number of hydrogen-bond donors (Lipinski definition) is 2. The van der Waals surface area contributed by atoms with Crippen molar-refractivity contribution in [2.75, 3.05) is 11.5 Å². The summed E-state index contributed by atoms with van der Waals surface area (Å²) in [6.45, 7) is 19.6. The number of ketones is 4. The van der Waals surface area contributed by atoms with Crippen LogP contribution >= 0.6 is 95.6 Å². The third kappa shape index (κ3) is 9.74. The number of nitriles is 2. The van der Waals surface area contributed by atoms with Gasteiger partial charge in [0.2, 0.25) is 23.1 Å². The van der Waals surface area contributed by atoms with Crippen LogP contribution in [-0.2, 0) is 17.1 Å². The first-order valence-corrected chi connectivity index (χ1v) is 34.9. The number of nitrogens with zero attached hydrogens (tertiary/aromatic N) is 13. The summed E-state index contributed by atoms with van der Waals surface area (Å²) >= 11 is 21.0. The molecule has 26 heteroatoms. The Hall–Kier alpha value is -11.3. The van der Waals surface area contributed by atoms with Gasteiger partial charge >= 0.3 is 17.1 Å². The van der Waals surface area contributed by atoms with Crippen molar-refractivity contribution in [3.8, 4) is 102 Å². The van der Waals surface area contributed by atoms with Crippen molar-refractivity contribution >= 4 is 218 Å². The summed E-state index contributed by atoms with van der Waals surface area (Å²) in [5.74, 6) is -2.28. The number of hydrogen-bond acceptors (Lipinski definition) is 17. The van der Waals surface area contributed by atoms with E-state index in [1.165, 1.54) is 35.0 Å². The smallest absolute Gasteiger partial charge is 0.512 e. The molecule has 21 rings (SSSR count). The average Bonchev–Trinajstić information content (AvgIpc) is 1.55. The maximum Gasteiger partial charge on any atom is 1.00 e. The van der Waals surface area contributed by atoms with E-state index in [9.17, 15) is 29.7 Å². The molecule has 0 saturated heterocycles. The van der Waals surface area contributed by atoms with E-state index in [2.05, 4.69) is 142 Å². The first kappa shape index (κ1) is 66.3. The summed E-state index contributed by atoms with van der Waals surface area (Å²) in [7, 11) is 0. The topological polar surface area (TPSA) is 304 Å². The van der Waals surface area contributed by atoms with Crippen LogP contribution < -0.4 is 11.5 Å². The molecule has 0 fully saturated rings. The van der Waals surface area contributed by atoms with Gasteiger partial charge in [0.1, 0.15) is 12.1 Å². The first-order valence-electron chi connectivity index (χ1n) is 30.2. The number of aromatic nitrogens is 8. The number of benzene rings is 11. The second kappa shape index (κ2) is 24.5. The van der Waals surface area contributed by atoms with Gasteiger partial charge in [0.15, 0.2) is 11.4 Å². The van der Waals surface area contributed by atoms with Crippen molar-refractivity contribution < 1.29 is 36.2 Å². The molecule has 0 saturated carbocycles. The summed E-state index contributed by atoms with van der Waals surface area (Å²) in [6.07, 6.45) is 0. The number of fused-ring (bicyclic) bond motifs is 16. The van der Waals surface area contributed by atoms with Gasteiger partial charge in [-0.05, 0) is 181 Å². The zero-order valence-electron chi connectivity index (χ0n) is 51.4. The zero-order valence-corrected chi connectivity index (χ0v) is 61.8. The van der Waals surface area contributed by atoms with Crippen LogP contribution in [0.3, 0.4) is 0 Å².